The van der Waals surface area contributed by atoms with Gasteiger partial charge in [-0.15, -0.1) is 0 Å². The Morgan fingerprint density at radius 3 is 2.45 bits per heavy atom. The minimum atomic E-state index is -4.82. The number of phenolic OH excluding ortho intramolecular Hbond substituents is 1. The first-order chi connectivity index (χ1) is 9.20. The number of carboxylic acid groups (broad SMARTS) is 1. The number of nitrogens with zero attached hydrogens (tertiary/aromatic N) is 1. The summed E-state index contributed by atoms with van der Waals surface area (Å²) in [6.07, 6.45) is -4.82. The second-order valence-corrected chi connectivity index (χ2v) is 4.14. The Hall–Kier alpha value is -2.22. The van der Waals surface area contributed by atoms with Crippen molar-refractivity contribution in [1.29, 1.82) is 0 Å². The van der Waals surface area contributed by atoms with Crippen molar-refractivity contribution in [2.75, 3.05) is 0 Å². The van der Waals surface area contributed by atoms with Crippen LogP contribution >= 0.6 is 11.6 Å². The molecule has 5 nitrogen and oxygen atoms in total. The molecule has 0 aliphatic carbocycles. The molecule has 0 saturated heterocycles. The van der Waals surface area contributed by atoms with Crippen LogP contribution in [0.1, 0.15) is 16.1 Å². The monoisotopic (exact) mass is 307 g/mol. The normalized spacial score (nSPS) is 11.6. The largest absolute Gasteiger partial charge is 0.506 e. The third-order valence-corrected chi connectivity index (χ3v) is 2.67. The molecule has 0 aliphatic heterocycles. The van der Waals surface area contributed by atoms with Crippen molar-refractivity contribution in [3.63, 3.8) is 0 Å². The highest BCUT2D eigenvalue weighted by atomic mass is 35.5. The molecule has 20 heavy (non-hydrogen) atoms. The number of alkyl halides is 3. The second kappa shape index (κ2) is 4.71. The van der Waals surface area contributed by atoms with E-state index in [1.165, 1.54) is 0 Å². The van der Waals surface area contributed by atoms with Gasteiger partial charge in [-0.2, -0.15) is 13.2 Å². The summed E-state index contributed by atoms with van der Waals surface area (Å²) < 4.78 is 42.7. The molecule has 0 atom stereocenters. The fourth-order valence-electron chi connectivity index (χ4n) is 1.47. The summed E-state index contributed by atoms with van der Waals surface area (Å²) in [6, 6.07) is 2.55. The Kier molecular flexibility index (Phi) is 3.34. The summed E-state index contributed by atoms with van der Waals surface area (Å²) >= 11 is 5.52. The number of hydrogen-bond acceptors (Lipinski definition) is 4. The zero-order valence-corrected chi connectivity index (χ0v) is 10.2. The van der Waals surface area contributed by atoms with Gasteiger partial charge in [0, 0.05) is 11.6 Å². The van der Waals surface area contributed by atoms with Crippen LogP contribution in [0.2, 0.25) is 5.02 Å². The average molecular weight is 308 g/mol. The van der Waals surface area contributed by atoms with E-state index in [1.807, 2.05) is 0 Å². The van der Waals surface area contributed by atoms with E-state index in [1.54, 1.807) is 0 Å². The third-order valence-electron chi connectivity index (χ3n) is 2.38. The van der Waals surface area contributed by atoms with Crippen molar-refractivity contribution in [2.24, 2.45) is 0 Å². The van der Waals surface area contributed by atoms with Gasteiger partial charge in [0.15, 0.2) is 11.5 Å². The fraction of sp³-hybridized carbons (Fsp3) is 0.0909. The van der Waals surface area contributed by atoms with E-state index in [2.05, 4.69) is 9.68 Å². The van der Waals surface area contributed by atoms with Gasteiger partial charge in [-0.3, -0.25) is 0 Å². The number of halogens is 4. The zero-order valence-electron chi connectivity index (χ0n) is 9.40. The maximum Gasteiger partial charge on any atom is 0.420 e. The SMILES string of the molecule is O=C(O)c1cc(-c2cc(Cl)c(O)c(C(F)(F)F)c2)on1. The highest BCUT2D eigenvalue weighted by Crippen LogP contribution is 2.42. The molecule has 9 heteroatoms. The van der Waals surface area contributed by atoms with E-state index >= 15 is 0 Å². The fourth-order valence-corrected chi connectivity index (χ4v) is 1.69. The number of aromatic nitrogens is 1. The number of phenols is 1. The van der Waals surface area contributed by atoms with Crippen LogP contribution in [0.3, 0.4) is 0 Å². The van der Waals surface area contributed by atoms with Crippen molar-refractivity contribution >= 4 is 17.6 Å². The van der Waals surface area contributed by atoms with Gasteiger partial charge in [0.1, 0.15) is 5.75 Å². The maximum atomic E-state index is 12.7. The van der Waals surface area contributed by atoms with E-state index in [-0.39, 0.29) is 11.3 Å². The molecule has 0 amide bonds. The molecule has 1 aromatic heterocycles. The highest BCUT2D eigenvalue weighted by molar-refractivity contribution is 6.32. The van der Waals surface area contributed by atoms with Crippen molar-refractivity contribution < 1.29 is 32.7 Å². The first-order valence-electron chi connectivity index (χ1n) is 5.00. The summed E-state index contributed by atoms with van der Waals surface area (Å²) in [4.78, 5) is 10.6. The van der Waals surface area contributed by atoms with Crippen LogP contribution in [-0.4, -0.2) is 21.3 Å². The lowest BCUT2D eigenvalue weighted by atomic mass is 10.1. The number of aromatic carboxylic acids is 1. The number of benzene rings is 1. The lowest BCUT2D eigenvalue weighted by Gasteiger charge is -2.11. The van der Waals surface area contributed by atoms with Gasteiger partial charge in [0.2, 0.25) is 0 Å². The van der Waals surface area contributed by atoms with Crippen LogP contribution in [0.15, 0.2) is 22.7 Å². The Balaban J connectivity index is 2.57. The average Bonchev–Trinajstić information content (AvgIpc) is 2.80. The Bertz CT molecular complexity index is 681. The molecular weight excluding hydrogens is 303 g/mol. The second-order valence-electron chi connectivity index (χ2n) is 3.73. The topological polar surface area (TPSA) is 83.6 Å². The highest BCUT2D eigenvalue weighted by Gasteiger charge is 2.35. The van der Waals surface area contributed by atoms with Crippen LogP contribution in [0, 0.1) is 0 Å². The Morgan fingerprint density at radius 2 is 1.95 bits per heavy atom. The van der Waals surface area contributed by atoms with Crippen molar-refractivity contribution in [2.45, 2.75) is 6.18 Å². The van der Waals surface area contributed by atoms with Gasteiger partial charge >= 0.3 is 12.1 Å². The molecule has 0 spiro atoms. The molecule has 0 radical (unpaired) electrons. The first kappa shape index (κ1) is 14.2. The molecule has 2 rings (SSSR count). The Morgan fingerprint density at radius 1 is 1.30 bits per heavy atom. The molecule has 0 bridgehead atoms. The van der Waals surface area contributed by atoms with Crippen LogP contribution in [0.25, 0.3) is 11.3 Å². The summed E-state index contributed by atoms with van der Waals surface area (Å²) in [5.41, 5.74) is -1.97. The van der Waals surface area contributed by atoms with Crippen molar-refractivity contribution in [3.05, 3.63) is 34.5 Å². The molecule has 1 aromatic carbocycles. The first-order valence-corrected chi connectivity index (χ1v) is 5.38. The van der Waals surface area contributed by atoms with E-state index in [4.69, 9.17) is 16.7 Å². The summed E-state index contributed by atoms with van der Waals surface area (Å²) in [6.45, 7) is 0. The van der Waals surface area contributed by atoms with E-state index in [0.717, 1.165) is 12.1 Å². The van der Waals surface area contributed by atoms with Gasteiger partial charge in [0.05, 0.1) is 10.6 Å². The summed E-state index contributed by atoms with van der Waals surface area (Å²) in [5.74, 6) is -2.71. The van der Waals surface area contributed by atoms with Crippen LogP contribution in [0.5, 0.6) is 5.75 Å². The number of carbonyl (C=O) groups is 1. The maximum absolute atomic E-state index is 12.7. The lowest BCUT2D eigenvalue weighted by molar-refractivity contribution is -0.138. The van der Waals surface area contributed by atoms with E-state index in [9.17, 15) is 23.1 Å². The Labute approximate surface area is 114 Å². The van der Waals surface area contributed by atoms with Gasteiger partial charge in [0.25, 0.3) is 0 Å². The van der Waals surface area contributed by atoms with Gasteiger partial charge in [-0.1, -0.05) is 16.8 Å². The molecule has 1 heterocycles. The van der Waals surface area contributed by atoms with E-state index in [0.29, 0.717) is 6.07 Å². The molecular formula is C11H5ClF3NO4. The minimum Gasteiger partial charge on any atom is -0.506 e. The van der Waals surface area contributed by atoms with Gasteiger partial charge in [-0.05, 0) is 12.1 Å². The predicted molar refractivity (Wildman–Crippen MR) is 60.6 cm³/mol. The molecule has 2 aromatic rings. The molecule has 2 N–H and O–H groups in total. The van der Waals surface area contributed by atoms with Crippen LogP contribution in [-0.2, 0) is 6.18 Å². The number of carboxylic acids is 1. The standard InChI is InChI=1S/C11H5ClF3NO4/c12-6-2-4(1-5(9(6)17)11(13,14)15)8-3-7(10(18)19)16-20-8/h1-3,17H,(H,18,19). The smallest absolute Gasteiger partial charge is 0.420 e. The molecule has 106 valence electrons. The number of rotatable bonds is 2. The van der Waals surface area contributed by atoms with Crippen LogP contribution in [0.4, 0.5) is 13.2 Å². The molecule has 0 fully saturated rings. The van der Waals surface area contributed by atoms with Crippen molar-refractivity contribution in [3.8, 4) is 17.1 Å². The zero-order chi connectivity index (χ0) is 15.1. The number of aromatic hydroxyl groups is 1. The third kappa shape index (κ3) is 2.55. The van der Waals surface area contributed by atoms with Crippen molar-refractivity contribution in [1.82, 2.24) is 5.16 Å². The number of hydrogen-bond donors (Lipinski definition) is 2. The molecule has 0 unspecified atom stereocenters. The van der Waals surface area contributed by atoms with E-state index < -0.39 is 34.2 Å². The quantitative estimate of drug-likeness (QED) is 0.888. The van der Waals surface area contributed by atoms with Gasteiger partial charge in [-0.25, -0.2) is 4.79 Å². The molecule has 0 aliphatic rings. The molecule has 0 saturated carbocycles. The van der Waals surface area contributed by atoms with Gasteiger partial charge < -0.3 is 14.7 Å². The summed E-state index contributed by atoms with van der Waals surface area (Å²) in [7, 11) is 0. The van der Waals surface area contributed by atoms with Crippen LogP contribution < -0.4 is 0 Å². The minimum absolute atomic E-state index is 0.153. The summed E-state index contributed by atoms with van der Waals surface area (Å²) in [5, 5.41) is 20.6. The lowest BCUT2D eigenvalue weighted by Crippen LogP contribution is -2.05. The predicted octanol–water partition coefficient (Wildman–Crippen LogP) is 3.42.